The minimum atomic E-state index is 0.172. The fourth-order valence-electron chi connectivity index (χ4n) is 2.54. The Morgan fingerprint density at radius 1 is 1.50 bits per heavy atom. The summed E-state index contributed by atoms with van der Waals surface area (Å²) in [4.78, 5) is 26.0. The zero-order chi connectivity index (χ0) is 14.7. The maximum Gasteiger partial charge on any atom is 0.224 e. The minimum Gasteiger partial charge on any atom is -0.345 e. The topological polar surface area (TPSA) is 55.5 Å². The third kappa shape index (κ3) is 3.80. The van der Waals surface area contributed by atoms with Crippen LogP contribution in [-0.4, -0.2) is 77.4 Å². The van der Waals surface area contributed by atoms with E-state index in [0.717, 1.165) is 31.2 Å². The second kappa shape index (κ2) is 6.37. The van der Waals surface area contributed by atoms with Gasteiger partial charge in [-0.3, -0.25) is 4.79 Å². The molecular weight excluding hydrogens is 254 g/mol. The highest BCUT2D eigenvalue weighted by atomic mass is 16.2. The summed E-state index contributed by atoms with van der Waals surface area (Å²) in [5.74, 6) is 1.01. The number of amides is 1. The fraction of sp³-hybridized carbons (Fsp3) is 0.714. The SMILES string of the molecule is Cc1cnc(CN(C)C(=O)C[C@H]2CN(C)CCN2C)[nH]1. The summed E-state index contributed by atoms with van der Waals surface area (Å²) in [5.41, 5.74) is 1.02. The fourth-order valence-corrected chi connectivity index (χ4v) is 2.54. The maximum atomic E-state index is 12.3. The molecule has 1 atom stereocenters. The molecule has 0 saturated carbocycles. The molecule has 6 nitrogen and oxygen atoms in total. The summed E-state index contributed by atoms with van der Waals surface area (Å²) in [7, 11) is 6.05. The van der Waals surface area contributed by atoms with Crippen LogP contribution in [-0.2, 0) is 11.3 Å². The minimum absolute atomic E-state index is 0.172. The zero-order valence-corrected chi connectivity index (χ0v) is 12.9. The Balaban J connectivity index is 1.87. The maximum absolute atomic E-state index is 12.3. The van der Waals surface area contributed by atoms with Gasteiger partial charge in [-0.05, 0) is 21.0 Å². The van der Waals surface area contributed by atoms with Crippen LogP contribution in [0.15, 0.2) is 6.20 Å². The molecule has 1 aliphatic heterocycles. The lowest BCUT2D eigenvalue weighted by atomic mass is 10.1. The molecule has 1 saturated heterocycles. The van der Waals surface area contributed by atoms with Gasteiger partial charge in [-0.2, -0.15) is 0 Å². The Kier molecular flexibility index (Phi) is 4.77. The van der Waals surface area contributed by atoms with Gasteiger partial charge in [0, 0.05) is 51.0 Å². The van der Waals surface area contributed by atoms with Crippen LogP contribution in [0.1, 0.15) is 17.9 Å². The van der Waals surface area contributed by atoms with Gasteiger partial charge in [-0.1, -0.05) is 0 Å². The van der Waals surface area contributed by atoms with Crippen molar-refractivity contribution in [2.24, 2.45) is 0 Å². The molecule has 1 aromatic heterocycles. The molecule has 112 valence electrons. The Bertz CT molecular complexity index is 458. The number of aromatic nitrogens is 2. The lowest BCUT2D eigenvalue weighted by Gasteiger charge is -2.37. The standard InChI is InChI=1S/C14H25N5O/c1-11-8-15-13(16-11)10-19(4)14(20)7-12-9-17(2)5-6-18(12)3/h8,12H,5-7,9-10H2,1-4H3,(H,15,16)/t12-/m0/s1. The van der Waals surface area contributed by atoms with Crippen molar-refractivity contribution >= 4 is 5.91 Å². The highest BCUT2D eigenvalue weighted by Crippen LogP contribution is 2.11. The molecule has 1 amide bonds. The molecule has 0 unspecified atom stereocenters. The molecule has 2 heterocycles. The number of nitrogens with zero attached hydrogens (tertiary/aromatic N) is 4. The Labute approximate surface area is 120 Å². The first-order valence-corrected chi connectivity index (χ1v) is 7.09. The molecule has 20 heavy (non-hydrogen) atoms. The van der Waals surface area contributed by atoms with E-state index in [1.807, 2.05) is 14.0 Å². The van der Waals surface area contributed by atoms with Crippen LogP contribution in [0.5, 0.6) is 0 Å². The number of aryl methyl sites for hydroxylation is 1. The number of H-pyrrole nitrogens is 1. The van der Waals surface area contributed by atoms with Gasteiger partial charge in [-0.25, -0.2) is 4.98 Å². The zero-order valence-electron chi connectivity index (χ0n) is 12.9. The normalized spacial score (nSPS) is 21.1. The van der Waals surface area contributed by atoms with Gasteiger partial charge in [0.15, 0.2) is 0 Å². The van der Waals surface area contributed by atoms with Crippen molar-refractivity contribution in [2.75, 3.05) is 40.8 Å². The first-order chi connectivity index (χ1) is 9.45. The molecule has 0 aromatic carbocycles. The molecule has 1 N–H and O–H groups in total. The largest absolute Gasteiger partial charge is 0.345 e. The van der Waals surface area contributed by atoms with Crippen LogP contribution in [0.2, 0.25) is 0 Å². The first kappa shape index (κ1) is 15.0. The summed E-state index contributed by atoms with van der Waals surface area (Å²) in [6.45, 7) is 5.55. The molecule has 2 rings (SSSR count). The van der Waals surface area contributed by atoms with Crippen LogP contribution in [0.3, 0.4) is 0 Å². The van der Waals surface area contributed by atoms with Crippen LogP contribution >= 0.6 is 0 Å². The van der Waals surface area contributed by atoms with Crippen LogP contribution < -0.4 is 0 Å². The number of imidazole rings is 1. The van der Waals surface area contributed by atoms with Crippen molar-refractivity contribution in [3.8, 4) is 0 Å². The smallest absolute Gasteiger partial charge is 0.224 e. The number of carbonyl (C=O) groups is 1. The van der Waals surface area contributed by atoms with Crippen LogP contribution in [0, 0.1) is 6.92 Å². The van der Waals surface area contributed by atoms with Gasteiger partial charge in [0.25, 0.3) is 0 Å². The quantitative estimate of drug-likeness (QED) is 0.862. The predicted octanol–water partition coefficient (Wildman–Crippen LogP) is 0.312. The van der Waals surface area contributed by atoms with Gasteiger partial charge in [0.2, 0.25) is 5.91 Å². The second-order valence-corrected chi connectivity index (χ2v) is 5.86. The van der Waals surface area contributed by atoms with Crippen LogP contribution in [0.25, 0.3) is 0 Å². The van der Waals surface area contributed by atoms with Crippen molar-refractivity contribution < 1.29 is 4.79 Å². The van der Waals surface area contributed by atoms with Gasteiger partial charge in [0.1, 0.15) is 5.82 Å². The van der Waals surface area contributed by atoms with Gasteiger partial charge in [0.05, 0.1) is 6.54 Å². The van der Waals surface area contributed by atoms with E-state index in [9.17, 15) is 4.79 Å². The predicted molar refractivity (Wildman–Crippen MR) is 78.3 cm³/mol. The number of hydrogen-bond acceptors (Lipinski definition) is 4. The van der Waals surface area contributed by atoms with Crippen molar-refractivity contribution in [1.82, 2.24) is 24.7 Å². The monoisotopic (exact) mass is 279 g/mol. The van der Waals surface area contributed by atoms with Gasteiger partial charge in [-0.15, -0.1) is 0 Å². The number of carbonyl (C=O) groups excluding carboxylic acids is 1. The summed E-state index contributed by atoms with van der Waals surface area (Å²) >= 11 is 0. The lowest BCUT2D eigenvalue weighted by molar-refractivity contribution is -0.132. The van der Waals surface area contributed by atoms with E-state index >= 15 is 0 Å². The number of rotatable bonds is 4. The van der Waals surface area contributed by atoms with E-state index in [1.54, 1.807) is 11.1 Å². The van der Waals surface area contributed by atoms with E-state index in [4.69, 9.17) is 0 Å². The molecule has 1 aliphatic rings. The summed E-state index contributed by atoms with van der Waals surface area (Å²) < 4.78 is 0. The third-order valence-electron chi connectivity index (χ3n) is 3.96. The van der Waals surface area contributed by atoms with E-state index in [2.05, 4.69) is 33.9 Å². The number of piperazine rings is 1. The molecule has 0 spiro atoms. The highest BCUT2D eigenvalue weighted by molar-refractivity contribution is 5.76. The van der Waals surface area contributed by atoms with E-state index in [0.29, 0.717) is 19.0 Å². The summed E-state index contributed by atoms with van der Waals surface area (Å²) in [5, 5.41) is 0. The summed E-state index contributed by atoms with van der Waals surface area (Å²) in [6, 6.07) is 0.307. The van der Waals surface area contributed by atoms with Crippen LogP contribution in [0.4, 0.5) is 0 Å². The third-order valence-corrected chi connectivity index (χ3v) is 3.96. The van der Waals surface area contributed by atoms with Gasteiger partial charge >= 0.3 is 0 Å². The Hall–Kier alpha value is -1.40. The van der Waals surface area contributed by atoms with Crippen molar-refractivity contribution in [3.05, 3.63) is 17.7 Å². The highest BCUT2D eigenvalue weighted by Gasteiger charge is 2.25. The Morgan fingerprint density at radius 2 is 2.25 bits per heavy atom. The molecule has 0 radical (unpaired) electrons. The van der Waals surface area contributed by atoms with Gasteiger partial charge < -0.3 is 19.7 Å². The molecular formula is C14H25N5O. The molecule has 1 aromatic rings. The van der Waals surface area contributed by atoms with Crippen molar-refractivity contribution in [1.29, 1.82) is 0 Å². The Morgan fingerprint density at radius 3 is 2.90 bits per heavy atom. The number of likely N-dealkylation sites (N-methyl/N-ethyl adjacent to an activating group) is 2. The second-order valence-electron chi connectivity index (χ2n) is 5.86. The van der Waals surface area contributed by atoms with Crippen molar-refractivity contribution in [2.45, 2.75) is 25.9 Å². The van der Waals surface area contributed by atoms with E-state index in [1.165, 1.54) is 0 Å². The molecule has 0 bridgehead atoms. The molecule has 1 fully saturated rings. The number of aromatic amines is 1. The molecule has 0 aliphatic carbocycles. The van der Waals surface area contributed by atoms with E-state index < -0.39 is 0 Å². The van der Waals surface area contributed by atoms with Crippen molar-refractivity contribution in [3.63, 3.8) is 0 Å². The number of hydrogen-bond donors (Lipinski definition) is 1. The molecule has 6 heteroatoms. The van der Waals surface area contributed by atoms with E-state index in [-0.39, 0.29) is 5.91 Å². The average molecular weight is 279 g/mol. The average Bonchev–Trinajstić information content (AvgIpc) is 2.79. The summed E-state index contributed by atoms with van der Waals surface area (Å²) in [6.07, 6.45) is 2.36. The number of nitrogens with one attached hydrogen (secondary N) is 1. The first-order valence-electron chi connectivity index (χ1n) is 7.09. The lowest BCUT2D eigenvalue weighted by Crippen LogP contribution is -2.51.